The molecule has 1 nitrogen and oxygen atoms in total. The third kappa shape index (κ3) is 1.95. The van der Waals surface area contributed by atoms with Crippen molar-refractivity contribution in [2.75, 3.05) is 0 Å². The summed E-state index contributed by atoms with van der Waals surface area (Å²) in [6, 6.07) is 4.49. The molecule has 14 heavy (non-hydrogen) atoms. The number of ketones is 1. The van der Waals surface area contributed by atoms with Gasteiger partial charge in [0.2, 0.25) is 0 Å². The molecule has 0 heterocycles. The minimum absolute atomic E-state index is 0.163. The van der Waals surface area contributed by atoms with Crippen LogP contribution in [-0.2, 0) is 4.79 Å². The first-order valence-electron chi connectivity index (χ1n) is 4.63. The lowest BCUT2D eigenvalue weighted by molar-refractivity contribution is -0.117. The molecule has 0 saturated heterocycles. The molecule has 1 atom stereocenters. The van der Waals surface area contributed by atoms with Crippen LogP contribution in [0.5, 0.6) is 0 Å². The van der Waals surface area contributed by atoms with Crippen molar-refractivity contribution in [2.45, 2.75) is 25.2 Å². The smallest absolute Gasteiger partial charge is 0.133 e. The van der Waals surface area contributed by atoms with Crippen LogP contribution in [0.15, 0.2) is 18.2 Å². The topological polar surface area (TPSA) is 17.1 Å². The Labute approximate surface area is 86.9 Å². The van der Waals surface area contributed by atoms with E-state index >= 15 is 0 Å². The van der Waals surface area contributed by atoms with Gasteiger partial charge in [0, 0.05) is 17.9 Å². The number of benzene rings is 1. The van der Waals surface area contributed by atoms with E-state index in [1.54, 1.807) is 6.07 Å². The highest BCUT2D eigenvalue weighted by Crippen LogP contribution is 2.33. The van der Waals surface area contributed by atoms with Gasteiger partial charge < -0.3 is 0 Å². The van der Waals surface area contributed by atoms with Gasteiger partial charge in [-0.1, -0.05) is 11.6 Å². The summed E-state index contributed by atoms with van der Waals surface area (Å²) in [4.78, 5) is 11.1. The molecule has 2 rings (SSSR count). The van der Waals surface area contributed by atoms with Gasteiger partial charge in [0.05, 0.1) is 0 Å². The molecule has 0 spiro atoms. The first-order chi connectivity index (χ1) is 6.65. The lowest BCUT2D eigenvalue weighted by Gasteiger charge is -2.08. The molecule has 1 saturated carbocycles. The van der Waals surface area contributed by atoms with Crippen LogP contribution in [-0.4, -0.2) is 5.78 Å². The summed E-state index contributed by atoms with van der Waals surface area (Å²) in [5, 5.41) is 0.402. The number of hydrogen-bond acceptors (Lipinski definition) is 1. The van der Waals surface area contributed by atoms with Crippen molar-refractivity contribution >= 4 is 17.4 Å². The molecule has 1 unspecified atom stereocenters. The van der Waals surface area contributed by atoms with Crippen LogP contribution in [0.1, 0.15) is 30.7 Å². The van der Waals surface area contributed by atoms with Gasteiger partial charge in [0.1, 0.15) is 11.6 Å². The Morgan fingerprint density at radius 2 is 2.14 bits per heavy atom. The maximum atomic E-state index is 13.0. The van der Waals surface area contributed by atoms with Gasteiger partial charge in [-0.15, -0.1) is 0 Å². The summed E-state index contributed by atoms with van der Waals surface area (Å²) >= 11 is 5.74. The molecule has 1 aromatic carbocycles. The van der Waals surface area contributed by atoms with Crippen molar-refractivity contribution in [3.8, 4) is 0 Å². The van der Waals surface area contributed by atoms with Crippen LogP contribution in [0.25, 0.3) is 0 Å². The highest BCUT2D eigenvalue weighted by Gasteiger charge is 2.23. The largest absolute Gasteiger partial charge is 0.300 e. The Hall–Kier alpha value is -0.890. The second-order valence-electron chi connectivity index (χ2n) is 3.68. The molecule has 0 aromatic heterocycles. The molecule has 74 valence electrons. The lowest BCUT2D eigenvalue weighted by atomic mass is 9.98. The molecule has 0 amide bonds. The van der Waals surface area contributed by atoms with Crippen molar-refractivity contribution in [1.82, 2.24) is 0 Å². The lowest BCUT2D eigenvalue weighted by Crippen LogP contribution is -1.95. The first-order valence-corrected chi connectivity index (χ1v) is 5.00. The van der Waals surface area contributed by atoms with Crippen molar-refractivity contribution in [3.05, 3.63) is 34.6 Å². The number of hydrogen-bond donors (Lipinski definition) is 0. The fourth-order valence-electron chi connectivity index (χ4n) is 1.91. The van der Waals surface area contributed by atoms with Crippen LogP contribution < -0.4 is 0 Å². The molecule has 1 aliphatic rings. The number of carbonyl (C=O) groups excluding carboxylic acids is 1. The average Bonchev–Trinajstić information content (AvgIpc) is 2.50. The number of halogens is 2. The second kappa shape index (κ2) is 3.70. The van der Waals surface area contributed by atoms with Gasteiger partial charge in [0.25, 0.3) is 0 Å². The monoisotopic (exact) mass is 212 g/mol. The summed E-state index contributed by atoms with van der Waals surface area (Å²) in [5.74, 6) is 0.0953. The van der Waals surface area contributed by atoms with Gasteiger partial charge in [0.15, 0.2) is 0 Å². The summed E-state index contributed by atoms with van der Waals surface area (Å²) < 4.78 is 13.0. The van der Waals surface area contributed by atoms with Crippen molar-refractivity contribution in [2.24, 2.45) is 0 Å². The second-order valence-corrected chi connectivity index (χ2v) is 4.12. The summed E-state index contributed by atoms with van der Waals surface area (Å²) in [6.45, 7) is 0. The van der Waals surface area contributed by atoms with E-state index < -0.39 is 0 Å². The molecule has 3 heteroatoms. The zero-order valence-electron chi connectivity index (χ0n) is 7.59. The van der Waals surface area contributed by atoms with Crippen molar-refractivity contribution < 1.29 is 9.18 Å². The van der Waals surface area contributed by atoms with E-state index in [0.29, 0.717) is 17.9 Å². The fourth-order valence-corrected chi connectivity index (χ4v) is 2.14. The van der Waals surface area contributed by atoms with Crippen LogP contribution in [0.4, 0.5) is 4.39 Å². The number of rotatable bonds is 1. The Bertz CT molecular complexity index is 355. The molecule has 0 radical (unpaired) electrons. The van der Waals surface area contributed by atoms with Crippen LogP contribution in [0, 0.1) is 5.82 Å². The molecule has 1 fully saturated rings. The van der Waals surface area contributed by atoms with Gasteiger partial charge in [-0.25, -0.2) is 4.39 Å². The van der Waals surface area contributed by atoms with Gasteiger partial charge >= 0.3 is 0 Å². The van der Waals surface area contributed by atoms with Crippen LogP contribution in [0.3, 0.4) is 0 Å². The summed E-state index contributed by atoms with van der Waals surface area (Å²) in [7, 11) is 0. The van der Waals surface area contributed by atoms with E-state index in [-0.39, 0.29) is 17.5 Å². The molecule has 0 N–H and O–H groups in total. The normalized spacial score (nSPS) is 21.6. The minimum atomic E-state index is -0.327. The third-order valence-electron chi connectivity index (χ3n) is 2.60. The predicted octanol–water partition coefficient (Wildman–Crippen LogP) is 3.32. The zero-order valence-corrected chi connectivity index (χ0v) is 8.35. The Kier molecular flexibility index (Phi) is 2.55. The number of Topliss-reactive ketones (excluding diaryl/α,β-unsaturated/α-hetero) is 1. The molecule has 0 aliphatic heterocycles. The molecule has 1 aliphatic carbocycles. The minimum Gasteiger partial charge on any atom is -0.300 e. The van der Waals surface area contributed by atoms with E-state index in [0.717, 1.165) is 12.0 Å². The van der Waals surface area contributed by atoms with Gasteiger partial charge in [-0.2, -0.15) is 0 Å². The highest BCUT2D eigenvalue weighted by molar-refractivity contribution is 6.30. The van der Waals surface area contributed by atoms with Gasteiger partial charge in [-0.3, -0.25) is 4.79 Å². The van der Waals surface area contributed by atoms with Crippen molar-refractivity contribution in [1.29, 1.82) is 0 Å². The standard InChI is InChI=1S/C11H10ClFO/c12-9-3-8(4-10(13)6-9)7-1-2-11(14)5-7/h3-4,6-7H,1-2,5H2. The van der Waals surface area contributed by atoms with E-state index in [2.05, 4.69) is 0 Å². The van der Waals surface area contributed by atoms with Gasteiger partial charge in [-0.05, 0) is 36.1 Å². The maximum Gasteiger partial charge on any atom is 0.133 e. The Balaban J connectivity index is 2.27. The number of carbonyl (C=O) groups is 1. The molecule has 0 bridgehead atoms. The maximum absolute atomic E-state index is 13.0. The van der Waals surface area contributed by atoms with Crippen LogP contribution >= 0.6 is 11.6 Å². The van der Waals surface area contributed by atoms with E-state index in [1.165, 1.54) is 12.1 Å². The first kappa shape index (κ1) is 9.66. The van der Waals surface area contributed by atoms with Crippen LogP contribution in [0.2, 0.25) is 5.02 Å². The molecular weight excluding hydrogens is 203 g/mol. The summed E-state index contributed by atoms with van der Waals surface area (Å²) in [6.07, 6.45) is 1.96. The summed E-state index contributed by atoms with van der Waals surface area (Å²) in [5.41, 5.74) is 0.848. The van der Waals surface area contributed by atoms with E-state index in [1.807, 2.05) is 0 Å². The fraction of sp³-hybridized carbons (Fsp3) is 0.364. The predicted molar refractivity (Wildman–Crippen MR) is 53.0 cm³/mol. The highest BCUT2D eigenvalue weighted by atomic mass is 35.5. The van der Waals surface area contributed by atoms with Crippen molar-refractivity contribution in [3.63, 3.8) is 0 Å². The molecule has 1 aromatic rings. The third-order valence-corrected chi connectivity index (χ3v) is 2.82. The SMILES string of the molecule is O=C1CCC(c2cc(F)cc(Cl)c2)C1. The zero-order chi connectivity index (χ0) is 10.1. The quantitative estimate of drug-likeness (QED) is 0.698. The molecular formula is C11H10ClFO. The average molecular weight is 213 g/mol. The van der Waals surface area contributed by atoms with E-state index in [4.69, 9.17) is 11.6 Å². The van der Waals surface area contributed by atoms with E-state index in [9.17, 15) is 9.18 Å². The Morgan fingerprint density at radius 3 is 2.71 bits per heavy atom. The Morgan fingerprint density at radius 1 is 1.36 bits per heavy atom.